The van der Waals surface area contributed by atoms with Gasteiger partial charge in [0.05, 0.1) is 4.90 Å². The highest BCUT2D eigenvalue weighted by molar-refractivity contribution is 7.89. The van der Waals surface area contributed by atoms with Gasteiger partial charge in [-0.25, -0.2) is 8.42 Å². The number of rotatable bonds is 4. The van der Waals surface area contributed by atoms with Crippen molar-refractivity contribution in [1.29, 1.82) is 0 Å². The molecule has 94 valence electrons. The van der Waals surface area contributed by atoms with Crippen LogP contribution < -0.4 is 5.73 Å². The molecule has 0 unspecified atom stereocenters. The SMILES string of the molecule is CCN(O)S(=O)(=O)c1ccc(C(N)=NO)cc1. The summed E-state index contributed by atoms with van der Waals surface area (Å²) in [7, 11) is -3.89. The molecule has 0 bridgehead atoms. The molecular formula is C9H13N3O4S. The van der Waals surface area contributed by atoms with E-state index in [1.54, 1.807) is 0 Å². The first-order valence-corrected chi connectivity index (χ1v) is 6.17. The molecule has 7 nitrogen and oxygen atoms in total. The number of hydrogen-bond acceptors (Lipinski definition) is 5. The first kappa shape index (κ1) is 13.4. The Morgan fingerprint density at radius 2 is 1.94 bits per heavy atom. The average Bonchev–Trinajstić information content (AvgIpc) is 2.36. The van der Waals surface area contributed by atoms with Crippen molar-refractivity contribution in [2.75, 3.05) is 6.54 Å². The minimum atomic E-state index is -3.89. The van der Waals surface area contributed by atoms with Crippen LogP contribution in [0.25, 0.3) is 0 Å². The Kier molecular flexibility index (Phi) is 4.05. The second kappa shape index (κ2) is 5.13. The molecule has 17 heavy (non-hydrogen) atoms. The predicted octanol–water partition coefficient (Wildman–Crippen LogP) is 0.181. The molecule has 0 saturated heterocycles. The molecule has 1 rings (SSSR count). The molecule has 0 saturated carbocycles. The molecule has 0 radical (unpaired) electrons. The summed E-state index contributed by atoms with van der Waals surface area (Å²) in [5.41, 5.74) is 5.71. The molecule has 0 fully saturated rings. The number of nitrogens with zero attached hydrogens (tertiary/aromatic N) is 2. The minimum absolute atomic E-state index is 0.0513. The number of nitrogens with two attached hydrogens (primary N) is 1. The van der Waals surface area contributed by atoms with E-state index in [0.29, 0.717) is 5.56 Å². The minimum Gasteiger partial charge on any atom is -0.409 e. The lowest BCUT2D eigenvalue weighted by atomic mass is 10.2. The monoisotopic (exact) mass is 259 g/mol. The lowest BCUT2D eigenvalue weighted by molar-refractivity contribution is 0.00857. The number of sulfonamides is 1. The Balaban J connectivity index is 3.12. The van der Waals surface area contributed by atoms with Crippen molar-refractivity contribution < 1.29 is 18.8 Å². The number of benzene rings is 1. The molecule has 0 aliphatic carbocycles. The van der Waals surface area contributed by atoms with Crippen molar-refractivity contribution in [3.63, 3.8) is 0 Å². The van der Waals surface area contributed by atoms with E-state index < -0.39 is 10.0 Å². The van der Waals surface area contributed by atoms with E-state index in [1.165, 1.54) is 31.2 Å². The van der Waals surface area contributed by atoms with Gasteiger partial charge in [0, 0.05) is 12.1 Å². The van der Waals surface area contributed by atoms with E-state index >= 15 is 0 Å². The molecule has 8 heteroatoms. The number of hydroxylamine groups is 1. The highest BCUT2D eigenvalue weighted by Gasteiger charge is 2.20. The van der Waals surface area contributed by atoms with Crippen LogP contribution in [0.15, 0.2) is 34.3 Å². The quantitative estimate of drug-likeness (QED) is 0.309. The fraction of sp³-hybridized carbons (Fsp3) is 0.222. The van der Waals surface area contributed by atoms with Crippen molar-refractivity contribution in [3.8, 4) is 0 Å². The van der Waals surface area contributed by atoms with E-state index in [4.69, 9.17) is 10.9 Å². The normalized spacial score (nSPS) is 13.0. The summed E-state index contributed by atoms with van der Waals surface area (Å²) < 4.78 is 23.6. The topological polar surface area (TPSA) is 116 Å². The Labute approximate surface area is 98.8 Å². The van der Waals surface area contributed by atoms with Crippen LogP contribution in [0.3, 0.4) is 0 Å². The van der Waals surface area contributed by atoms with E-state index in [0.717, 1.165) is 0 Å². The van der Waals surface area contributed by atoms with Crippen molar-refractivity contribution in [1.82, 2.24) is 4.47 Å². The Morgan fingerprint density at radius 3 is 2.35 bits per heavy atom. The standard InChI is InChI=1S/C9H13N3O4S/c1-2-12(14)17(15,16)8-5-3-7(4-6-8)9(10)11-13/h3-6,13-14H,2H2,1H3,(H2,10,11). The lowest BCUT2D eigenvalue weighted by Gasteiger charge is -2.12. The Bertz CT molecular complexity index is 510. The predicted molar refractivity (Wildman–Crippen MR) is 60.3 cm³/mol. The third kappa shape index (κ3) is 2.73. The van der Waals surface area contributed by atoms with Gasteiger partial charge in [-0.3, -0.25) is 5.21 Å². The summed E-state index contributed by atoms with van der Waals surface area (Å²) in [4.78, 5) is -0.0728. The molecule has 0 atom stereocenters. The Morgan fingerprint density at radius 1 is 1.41 bits per heavy atom. The molecule has 4 N–H and O–H groups in total. The van der Waals surface area contributed by atoms with Crippen LogP contribution in [0, 0.1) is 0 Å². The lowest BCUT2D eigenvalue weighted by Crippen LogP contribution is -2.27. The molecule has 0 heterocycles. The van der Waals surface area contributed by atoms with Gasteiger partial charge in [-0.05, 0) is 31.2 Å². The van der Waals surface area contributed by atoms with Gasteiger partial charge < -0.3 is 10.9 Å². The maximum absolute atomic E-state index is 11.7. The molecular weight excluding hydrogens is 246 g/mol. The average molecular weight is 259 g/mol. The van der Waals surface area contributed by atoms with Crippen LogP contribution in [0.5, 0.6) is 0 Å². The maximum Gasteiger partial charge on any atom is 0.264 e. The van der Waals surface area contributed by atoms with Crippen molar-refractivity contribution in [2.45, 2.75) is 11.8 Å². The maximum atomic E-state index is 11.7. The van der Waals surface area contributed by atoms with Gasteiger partial charge in [0.2, 0.25) is 0 Å². The molecule has 0 spiro atoms. The van der Waals surface area contributed by atoms with Gasteiger partial charge >= 0.3 is 0 Å². The van der Waals surface area contributed by atoms with Gasteiger partial charge in [-0.1, -0.05) is 9.62 Å². The van der Waals surface area contributed by atoms with E-state index in [2.05, 4.69) is 5.16 Å². The van der Waals surface area contributed by atoms with Crippen LogP contribution in [0.2, 0.25) is 0 Å². The smallest absolute Gasteiger partial charge is 0.264 e. The first-order valence-electron chi connectivity index (χ1n) is 4.73. The van der Waals surface area contributed by atoms with Gasteiger partial charge in [0.15, 0.2) is 5.84 Å². The molecule has 0 aliphatic heterocycles. The van der Waals surface area contributed by atoms with Crippen LogP contribution >= 0.6 is 0 Å². The highest BCUT2D eigenvalue weighted by atomic mass is 32.2. The second-order valence-corrected chi connectivity index (χ2v) is 5.00. The summed E-state index contributed by atoms with van der Waals surface area (Å²) in [6, 6.07) is 5.29. The third-order valence-electron chi connectivity index (χ3n) is 2.10. The van der Waals surface area contributed by atoms with Gasteiger partial charge in [0.1, 0.15) is 0 Å². The molecule has 1 aromatic carbocycles. The number of oxime groups is 1. The van der Waals surface area contributed by atoms with Gasteiger partial charge in [-0.2, -0.15) is 0 Å². The fourth-order valence-corrected chi connectivity index (χ4v) is 2.21. The zero-order valence-corrected chi connectivity index (χ0v) is 9.92. The first-order chi connectivity index (χ1) is 7.93. The zero-order valence-electron chi connectivity index (χ0n) is 9.11. The van der Waals surface area contributed by atoms with Crippen LogP contribution in [-0.4, -0.2) is 35.7 Å². The van der Waals surface area contributed by atoms with Crippen molar-refractivity contribution in [2.24, 2.45) is 10.9 Å². The summed E-state index contributed by atoms with van der Waals surface area (Å²) in [5, 5.41) is 20.4. The van der Waals surface area contributed by atoms with Crippen LogP contribution in [0.4, 0.5) is 0 Å². The second-order valence-electron chi connectivity index (χ2n) is 3.15. The zero-order chi connectivity index (χ0) is 13.1. The number of amidine groups is 1. The summed E-state index contributed by atoms with van der Waals surface area (Å²) >= 11 is 0. The molecule has 0 amide bonds. The van der Waals surface area contributed by atoms with E-state index in [-0.39, 0.29) is 21.7 Å². The van der Waals surface area contributed by atoms with Crippen molar-refractivity contribution in [3.05, 3.63) is 29.8 Å². The summed E-state index contributed by atoms with van der Waals surface area (Å²) in [6.45, 7) is 1.45. The number of hydrogen-bond donors (Lipinski definition) is 3. The van der Waals surface area contributed by atoms with Gasteiger partial charge in [0.25, 0.3) is 10.0 Å². The Hall–Kier alpha value is -1.64. The molecule has 0 aliphatic rings. The van der Waals surface area contributed by atoms with Crippen LogP contribution in [-0.2, 0) is 10.0 Å². The highest BCUT2D eigenvalue weighted by Crippen LogP contribution is 2.14. The molecule has 1 aromatic rings. The third-order valence-corrected chi connectivity index (χ3v) is 3.78. The van der Waals surface area contributed by atoms with E-state index in [9.17, 15) is 13.6 Å². The summed E-state index contributed by atoms with van der Waals surface area (Å²) in [5.74, 6) is -0.120. The van der Waals surface area contributed by atoms with Crippen LogP contribution in [0.1, 0.15) is 12.5 Å². The summed E-state index contributed by atoms with van der Waals surface area (Å²) in [6.07, 6.45) is 0. The van der Waals surface area contributed by atoms with Crippen molar-refractivity contribution >= 4 is 15.9 Å². The van der Waals surface area contributed by atoms with E-state index in [1.807, 2.05) is 0 Å². The van der Waals surface area contributed by atoms with Gasteiger partial charge in [-0.15, -0.1) is 0 Å². The fourth-order valence-electron chi connectivity index (χ4n) is 1.15. The largest absolute Gasteiger partial charge is 0.409 e. The molecule has 0 aromatic heterocycles.